The molecule has 1 fully saturated rings. The van der Waals surface area contributed by atoms with E-state index in [1.165, 1.54) is 12.1 Å². The molecular formula is C21H23FN4O2. The van der Waals surface area contributed by atoms with Gasteiger partial charge in [0, 0.05) is 43.6 Å². The number of aromatic nitrogens is 3. The standard InChI is InChI=1S/C21H23FN4O2/c1-2-28-21(27)18-13-23-19-5-4-16(22)12-17(19)20(18)25-10-6-15(7-11-25)14-26-9-3-8-24-26/h3-5,8-9,12-13,15H,2,6-7,10-11,14H2,1H3. The Balaban J connectivity index is 1.64. The van der Waals surface area contributed by atoms with E-state index in [4.69, 9.17) is 4.74 Å². The van der Waals surface area contributed by atoms with Crippen molar-refractivity contribution < 1.29 is 13.9 Å². The number of hydrogen-bond acceptors (Lipinski definition) is 5. The van der Waals surface area contributed by atoms with Crippen LogP contribution in [0.15, 0.2) is 42.9 Å². The number of pyridine rings is 1. The third-order valence-electron chi connectivity index (χ3n) is 5.23. The highest BCUT2D eigenvalue weighted by Crippen LogP contribution is 2.34. The molecule has 146 valence electrons. The van der Waals surface area contributed by atoms with Gasteiger partial charge in [-0.05, 0) is 49.9 Å². The number of anilines is 1. The number of rotatable bonds is 5. The zero-order chi connectivity index (χ0) is 19.5. The van der Waals surface area contributed by atoms with Gasteiger partial charge in [-0.2, -0.15) is 5.10 Å². The molecule has 4 rings (SSSR count). The largest absolute Gasteiger partial charge is 0.462 e. The summed E-state index contributed by atoms with van der Waals surface area (Å²) in [6, 6.07) is 6.42. The van der Waals surface area contributed by atoms with E-state index >= 15 is 0 Å². The number of esters is 1. The van der Waals surface area contributed by atoms with Crippen LogP contribution in [0.5, 0.6) is 0 Å². The van der Waals surface area contributed by atoms with Crippen molar-refractivity contribution in [3.8, 4) is 0 Å². The second-order valence-corrected chi connectivity index (χ2v) is 7.06. The van der Waals surface area contributed by atoms with Crippen molar-refractivity contribution in [3.63, 3.8) is 0 Å². The van der Waals surface area contributed by atoms with E-state index in [9.17, 15) is 9.18 Å². The molecule has 1 saturated heterocycles. The summed E-state index contributed by atoms with van der Waals surface area (Å²) in [6.45, 7) is 4.51. The molecule has 0 atom stereocenters. The lowest BCUT2D eigenvalue weighted by atomic mass is 9.95. The summed E-state index contributed by atoms with van der Waals surface area (Å²) in [5.41, 5.74) is 1.79. The topological polar surface area (TPSA) is 60.2 Å². The Morgan fingerprint density at radius 3 is 2.86 bits per heavy atom. The number of fused-ring (bicyclic) bond motifs is 1. The molecule has 1 aliphatic heterocycles. The van der Waals surface area contributed by atoms with Crippen LogP contribution in [-0.4, -0.2) is 40.4 Å². The maximum Gasteiger partial charge on any atom is 0.341 e. The summed E-state index contributed by atoms with van der Waals surface area (Å²) in [5, 5.41) is 4.94. The second-order valence-electron chi connectivity index (χ2n) is 7.06. The lowest BCUT2D eigenvalue weighted by Crippen LogP contribution is -2.36. The van der Waals surface area contributed by atoms with Crippen molar-refractivity contribution in [2.24, 2.45) is 5.92 Å². The first kappa shape index (κ1) is 18.4. The number of carbonyl (C=O) groups excluding carboxylic acids is 1. The zero-order valence-electron chi connectivity index (χ0n) is 15.8. The van der Waals surface area contributed by atoms with E-state index in [1.54, 1.807) is 25.4 Å². The highest BCUT2D eigenvalue weighted by molar-refractivity contribution is 6.05. The van der Waals surface area contributed by atoms with Crippen LogP contribution in [0.25, 0.3) is 10.9 Å². The Hall–Kier alpha value is -2.96. The van der Waals surface area contributed by atoms with Gasteiger partial charge in [-0.15, -0.1) is 0 Å². The van der Waals surface area contributed by atoms with Crippen LogP contribution in [0, 0.1) is 11.7 Å². The average Bonchev–Trinajstić information content (AvgIpc) is 3.21. The van der Waals surface area contributed by atoms with Gasteiger partial charge >= 0.3 is 5.97 Å². The number of piperidine rings is 1. The van der Waals surface area contributed by atoms with Crippen molar-refractivity contribution in [1.29, 1.82) is 0 Å². The van der Waals surface area contributed by atoms with Crippen molar-refractivity contribution in [3.05, 3.63) is 54.2 Å². The van der Waals surface area contributed by atoms with Crippen molar-refractivity contribution >= 4 is 22.6 Å². The minimum Gasteiger partial charge on any atom is -0.462 e. The van der Waals surface area contributed by atoms with Crippen LogP contribution in [0.4, 0.5) is 10.1 Å². The van der Waals surface area contributed by atoms with Gasteiger partial charge in [-0.25, -0.2) is 9.18 Å². The van der Waals surface area contributed by atoms with E-state index in [-0.39, 0.29) is 12.4 Å². The number of halogens is 1. The lowest BCUT2D eigenvalue weighted by molar-refractivity contribution is 0.0526. The Kier molecular flexibility index (Phi) is 5.23. The van der Waals surface area contributed by atoms with Gasteiger partial charge in [-0.3, -0.25) is 9.67 Å². The van der Waals surface area contributed by atoms with Gasteiger partial charge < -0.3 is 9.64 Å². The first-order chi connectivity index (χ1) is 13.7. The summed E-state index contributed by atoms with van der Waals surface area (Å²) in [6.07, 6.45) is 7.26. The van der Waals surface area contributed by atoms with Gasteiger partial charge in [0.25, 0.3) is 0 Å². The van der Waals surface area contributed by atoms with Crippen LogP contribution >= 0.6 is 0 Å². The zero-order valence-corrected chi connectivity index (χ0v) is 15.8. The van der Waals surface area contributed by atoms with Gasteiger partial charge in [0.05, 0.1) is 17.8 Å². The van der Waals surface area contributed by atoms with Crippen LogP contribution in [0.3, 0.4) is 0 Å². The molecule has 3 heterocycles. The smallest absolute Gasteiger partial charge is 0.341 e. The van der Waals surface area contributed by atoms with Gasteiger partial charge in [-0.1, -0.05) is 0 Å². The van der Waals surface area contributed by atoms with Crippen molar-refractivity contribution in [2.75, 3.05) is 24.6 Å². The number of hydrogen-bond donors (Lipinski definition) is 0. The number of ether oxygens (including phenoxy) is 1. The first-order valence-corrected chi connectivity index (χ1v) is 9.63. The maximum absolute atomic E-state index is 14.0. The van der Waals surface area contributed by atoms with Crippen LogP contribution in [0.2, 0.25) is 0 Å². The average molecular weight is 382 g/mol. The van der Waals surface area contributed by atoms with Crippen LogP contribution < -0.4 is 4.90 Å². The number of benzene rings is 1. The predicted octanol–water partition coefficient (Wildman–Crippen LogP) is 3.66. The van der Waals surface area contributed by atoms with Crippen LogP contribution in [-0.2, 0) is 11.3 Å². The first-order valence-electron chi connectivity index (χ1n) is 9.63. The van der Waals surface area contributed by atoms with E-state index in [0.717, 1.165) is 38.2 Å². The summed E-state index contributed by atoms with van der Waals surface area (Å²) < 4.78 is 21.1. The SMILES string of the molecule is CCOC(=O)c1cnc2ccc(F)cc2c1N1CCC(Cn2cccn2)CC1. The molecule has 0 unspecified atom stereocenters. The highest BCUT2D eigenvalue weighted by atomic mass is 19.1. The molecule has 28 heavy (non-hydrogen) atoms. The quantitative estimate of drug-likeness (QED) is 0.630. The molecule has 0 saturated carbocycles. The summed E-state index contributed by atoms with van der Waals surface area (Å²) in [5.74, 6) is -0.244. The molecule has 0 N–H and O–H groups in total. The Bertz CT molecular complexity index is 966. The fraction of sp³-hybridized carbons (Fsp3) is 0.381. The lowest BCUT2D eigenvalue weighted by Gasteiger charge is -2.35. The highest BCUT2D eigenvalue weighted by Gasteiger charge is 2.26. The molecule has 1 aromatic carbocycles. The summed E-state index contributed by atoms with van der Waals surface area (Å²) in [4.78, 5) is 19.0. The van der Waals surface area contributed by atoms with Gasteiger partial charge in [0.2, 0.25) is 0 Å². The third-order valence-corrected chi connectivity index (χ3v) is 5.23. The molecule has 0 spiro atoms. The monoisotopic (exact) mass is 382 g/mol. The summed E-state index contributed by atoms with van der Waals surface area (Å²) >= 11 is 0. The minimum absolute atomic E-state index is 0.283. The molecule has 1 aliphatic rings. The number of carbonyl (C=O) groups is 1. The normalized spacial score (nSPS) is 15.1. The number of nitrogens with zero attached hydrogens (tertiary/aromatic N) is 4. The van der Waals surface area contributed by atoms with E-state index in [2.05, 4.69) is 15.0 Å². The molecule has 3 aromatic rings. The maximum atomic E-state index is 14.0. The molecule has 6 nitrogen and oxygen atoms in total. The van der Waals surface area contributed by atoms with Crippen molar-refractivity contribution in [2.45, 2.75) is 26.3 Å². The molecule has 0 aliphatic carbocycles. The third kappa shape index (κ3) is 3.69. The second kappa shape index (κ2) is 7.96. The molecule has 0 amide bonds. The van der Waals surface area contributed by atoms with E-state index in [1.807, 2.05) is 16.9 Å². The van der Waals surface area contributed by atoms with Gasteiger partial charge in [0.1, 0.15) is 11.4 Å². The Morgan fingerprint density at radius 1 is 1.32 bits per heavy atom. The molecule has 0 radical (unpaired) electrons. The fourth-order valence-electron chi connectivity index (χ4n) is 3.86. The predicted molar refractivity (Wildman–Crippen MR) is 105 cm³/mol. The van der Waals surface area contributed by atoms with Crippen molar-refractivity contribution in [1.82, 2.24) is 14.8 Å². The molecule has 7 heteroatoms. The van der Waals surface area contributed by atoms with E-state index < -0.39 is 5.97 Å². The van der Waals surface area contributed by atoms with Gasteiger partial charge in [0.15, 0.2) is 0 Å². The molecular weight excluding hydrogens is 359 g/mol. The van der Waals surface area contributed by atoms with E-state index in [0.29, 0.717) is 22.4 Å². The minimum atomic E-state index is -0.421. The Labute approximate surface area is 162 Å². The molecule has 2 aromatic heterocycles. The Morgan fingerprint density at radius 2 is 2.14 bits per heavy atom. The summed E-state index contributed by atoms with van der Waals surface area (Å²) in [7, 11) is 0. The molecule has 0 bridgehead atoms. The van der Waals surface area contributed by atoms with Crippen LogP contribution in [0.1, 0.15) is 30.1 Å². The fourth-order valence-corrected chi connectivity index (χ4v) is 3.86.